The lowest BCUT2D eigenvalue weighted by atomic mass is 9.98. The number of aliphatic hydroxyl groups is 1. The molecule has 0 aliphatic heterocycles. The van der Waals surface area contributed by atoms with Crippen molar-refractivity contribution >= 4 is 28.7 Å². The molecule has 0 radical (unpaired) electrons. The van der Waals surface area contributed by atoms with Crippen molar-refractivity contribution in [3.05, 3.63) is 89.1 Å². The van der Waals surface area contributed by atoms with Crippen LogP contribution < -0.4 is 5.32 Å². The van der Waals surface area contributed by atoms with Gasteiger partial charge >= 0.3 is 0 Å². The molecule has 6 rings (SSSR count). The van der Waals surface area contributed by atoms with Gasteiger partial charge in [-0.1, -0.05) is 17.7 Å². The van der Waals surface area contributed by atoms with Crippen molar-refractivity contribution in [2.24, 2.45) is 0 Å². The maximum Gasteiger partial charge on any atom is 0.254 e. The van der Waals surface area contributed by atoms with Crippen LogP contribution in [0.1, 0.15) is 40.2 Å². The molecule has 1 amide bonds. The second-order valence-electron chi connectivity index (χ2n) is 8.76. The van der Waals surface area contributed by atoms with Gasteiger partial charge in [0.2, 0.25) is 0 Å². The summed E-state index contributed by atoms with van der Waals surface area (Å²) in [6, 6.07) is 7.63. The van der Waals surface area contributed by atoms with Crippen LogP contribution in [0.2, 0.25) is 5.02 Å². The van der Waals surface area contributed by atoms with E-state index < -0.39 is 0 Å². The molecular formula is C24H22ClN7O2. The molecule has 10 heteroatoms. The molecule has 0 bridgehead atoms. The number of carbonyl (C=O) groups is 1. The van der Waals surface area contributed by atoms with Crippen molar-refractivity contribution in [1.82, 2.24) is 33.9 Å². The van der Waals surface area contributed by atoms with Crippen LogP contribution >= 0.6 is 11.6 Å². The summed E-state index contributed by atoms with van der Waals surface area (Å²) < 4.78 is 5.54. The molecule has 0 spiro atoms. The van der Waals surface area contributed by atoms with Crippen molar-refractivity contribution in [3.63, 3.8) is 0 Å². The van der Waals surface area contributed by atoms with Crippen LogP contribution in [0, 0.1) is 0 Å². The number of imidazole rings is 2. The molecule has 172 valence electrons. The minimum Gasteiger partial charge on any atom is -0.395 e. The van der Waals surface area contributed by atoms with Crippen LogP contribution in [-0.2, 0) is 18.5 Å². The van der Waals surface area contributed by atoms with Crippen LogP contribution in [0.5, 0.6) is 0 Å². The molecule has 34 heavy (non-hydrogen) atoms. The maximum atomic E-state index is 12.7. The van der Waals surface area contributed by atoms with Gasteiger partial charge in [-0.05, 0) is 31.0 Å². The van der Waals surface area contributed by atoms with E-state index in [1.807, 2.05) is 45.6 Å². The Balaban J connectivity index is 1.16. The van der Waals surface area contributed by atoms with Crippen molar-refractivity contribution in [3.8, 4) is 0 Å². The van der Waals surface area contributed by atoms with Gasteiger partial charge in [-0.2, -0.15) is 5.10 Å². The molecule has 5 aromatic rings. The summed E-state index contributed by atoms with van der Waals surface area (Å²) in [6.07, 6.45) is 12.6. The molecule has 1 saturated carbocycles. The number of aromatic nitrogens is 6. The Morgan fingerprint density at radius 1 is 1.21 bits per heavy atom. The Bertz CT molecular complexity index is 1530. The topological polar surface area (TPSA) is 102 Å². The molecule has 1 aliphatic carbocycles. The Morgan fingerprint density at radius 2 is 2.09 bits per heavy atom. The summed E-state index contributed by atoms with van der Waals surface area (Å²) in [5, 5.41) is 17.7. The highest BCUT2D eigenvalue weighted by atomic mass is 35.5. The molecule has 0 atom stereocenters. The number of hydrogen-bond donors (Lipinski definition) is 2. The van der Waals surface area contributed by atoms with E-state index in [1.165, 1.54) is 0 Å². The molecule has 1 fully saturated rings. The fourth-order valence-electron chi connectivity index (χ4n) is 4.37. The fraction of sp³-hybridized carbons (Fsp3) is 0.250. The number of fused-ring (bicyclic) bond motifs is 2. The summed E-state index contributed by atoms with van der Waals surface area (Å²) in [6.45, 7) is 0.849. The van der Waals surface area contributed by atoms with Gasteiger partial charge in [0, 0.05) is 40.8 Å². The maximum absolute atomic E-state index is 12.7. The molecule has 9 nitrogen and oxygen atoms in total. The Morgan fingerprint density at radius 3 is 2.91 bits per heavy atom. The highest BCUT2D eigenvalue weighted by Crippen LogP contribution is 2.48. The number of halogens is 1. The third-order valence-electron chi connectivity index (χ3n) is 6.48. The second kappa shape index (κ2) is 7.96. The lowest BCUT2D eigenvalue weighted by Crippen LogP contribution is -2.22. The van der Waals surface area contributed by atoms with E-state index in [-0.39, 0.29) is 24.5 Å². The summed E-state index contributed by atoms with van der Waals surface area (Å²) in [4.78, 5) is 21.8. The van der Waals surface area contributed by atoms with Crippen LogP contribution in [0.4, 0.5) is 0 Å². The number of nitrogens with zero attached hydrogens (tertiary/aromatic N) is 6. The zero-order chi connectivity index (χ0) is 23.3. The molecule has 5 aromatic heterocycles. The van der Waals surface area contributed by atoms with E-state index >= 15 is 0 Å². The zero-order valence-electron chi connectivity index (χ0n) is 18.2. The van der Waals surface area contributed by atoms with E-state index in [0.29, 0.717) is 17.1 Å². The van der Waals surface area contributed by atoms with E-state index in [1.54, 1.807) is 29.5 Å². The van der Waals surface area contributed by atoms with Gasteiger partial charge in [-0.3, -0.25) is 9.48 Å². The lowest BCUT2D eigenvalue weighted by molar-refractivity contribution is 0.0950. The van der Waals surface area contributed by atoms with Crippen LogP contribution in [0.15, 0.2) is 61.6 Å². The van der Waals surface area contributed by atoms with Crippen LogP contribution in [0.25, 0.3) is 11.2 Å². The van der Waals surface area contributed by atoms with Crippen molar-refractivity contribution in [2.75, 3.05) is 6.61 Å². The standard InChI is InChI=1S/C24H22ClN7O2/c25-17-3-7-31-15-27-20(21(31)8-17)10-26-23(34)16-9-28-32(11-16)13-18-12-30-6-1-2-19(22(30)29-18)24(14-33)4-5-24/h1-3,6-9,11-12,15,33H,4-5,10,13-14H2,(H,26,34). The number of aliphatic hydroxyl groups excluding tert-OH is 1. The monoisotopic (exact) mass is 475 g/mol. The van der Waals surface area contributed by atoms with E-state index in [4.69, 9.17) is 16.6 Å². The largest absolute Gasteiger partial charge is 0.395 e. The van der Waals surface area contributed by atoms with Gasteiger partial charge < -0.3 is 19.2 Å². The molecule has 5 heterocycles. The fourth-order valence-corrected chi connectivity index (χ4v) is 4.53. The van der Waals surface area contributed by atoms with Gasteiger partial charge in [0.05, 0.1) is 54.7 Å². The van der Waals surface area contributed by atoms with Gasteiger partial charge in [-0.25, -0.2) is 9.97 Å². The summed E-state index contributed by atoms with van der Waals surface area (Å²) in [5.41, 5.74) is 4.66. The molecule has 0 unspecified atom stereocenters. The first-order valence-electron chi connectivity index (χ1n) is 11.0. The van der Waals surface area contributed by atoms with Crippen molar-refractivity contribution in [2.45, 2.75) is 31.3 Å². The van der Waals surface area contributed by atoms with E-state index in [0.717, 1.165) is 41.0 Å². The van der Waals surface area contributed by atoms with Crippen LogP contribution in [0.3, 0.4) is 0 Å². The average Bonchev–Trinajstić information content (AvgIpc) is 3.14. The number of carbonyl (C=O) groups excluding carboxylic acids is 1. The zero-order valence-corrected chi connectivity index (χ0v) is 19.0. The number of nitrogens with one attached hydrogen (secondary N) is 1. The first-order valence-corrected chi connectivity index (χ1v) is 11.4. The molecule has 0 aromatic carbocycles. The van der Waals surface area contributed by atoms with Crippen molar-refractivity contribution < 1.29 is 9.90 Å². The minimum atomic E-state index is -0.231. The van der Waals surface area contributed by atoms with Crippen LogP contribution in [-0.4, -0.2) is 46.2 Å². The third kappa shape index (κ3) is 3.63. The first kappa shape index (κ1) is 20.9. The number of hydrogen-bond acceptors (Lipinski definition) is 5. The summed E-state index contributed by atoms with van der Waals surface area (Å²) in [5.74, 6) is -0.231. The number of pyridine rings is 2. The average molecular weight is 476 g/mol. The highest BCUT2D eigenvalue weighted by molar-refractivity contribution is 6.30. The first-order chi connectivity index (χ1) is 16.5. The predicted octanol–water partition coefficient (Wildman–Crippen LogP) is 2.83. The highest BCUT2D eigenvalue weighted by Gasteiger charge is 2.45. The van der Waals surface area contributed by atoms with Gasteiger partial charge in [0.15, 0.2) is 0 Å². The van der Waals surface area contributed by atoms with Gasteiger partial charge in [0.1, 0.15) is 5.65 Å². The molecular weight excluding hydrogens is 454 g/mol. The lowest BCUT2D eigenvalue weighted by Gasteiger charge is -2.12. The summed E-state index contributed by atoms with van der Waals surface area (Å²) in [7, 11) is 0. The van der Waals surface area contributed by atoms with Gasteiger partial charge in [-0.15, -0.1) is 0 Å². The smallest absolute Gasteiger partial charge is 0.254 e. The Kier molecular flexibility index (Phi) is 4.89. The van der Waals surface area contributed by atoms with Crippen molar-refractivity contribution in [1.29, 1.82) is 0 Å². The van der Waals surface area contributed by atoms with E-state index in [9.17, 15) is 9.90 Å². The SMILES string of the molecule is O=C(NCc1ncn2ccc(Cl)cc12)c1cnn(Cc2cn3cccc(C4(CO)CC4)c3n2)c1. The number of amides is 1. The normalized spacial score (nSPS) is 14.6. The van der Waals surface area contributed by atoms with E-state index in [2.05, 4.69) is 15.4 Å². The molecule has 2 N–H and O–H groups in total. The van der Waals surface area contributed by atoms with Gasteiger partial charge in [0.25, 0.3) is 5.91 Å². The molecule has 1 aliphatic rings. The summed E-state index contributed by atoms with van der Waals surface area (Å²) >= 11 is 6.09. The molecule has 0 saturated heterocycles. The Labute approximate surface area is 199 Å². The quantitative estimate of drug-likeness (QED) is 0.377. The minimum absolute atomic E-state index is 0.133. The predicted molar refractivity (Wildman–Crippen MR) is 126 cm³/mol. The third-order valence-corrected chi connectivity index (χ3v) is 6.71. The Hall–Kier alpha value is -3.69. The number of rotatable bonds is 7. The second-order valence-corrected chi connectivity index (χ2v) is 9.20.